The van der Waals surface area contributed by atoms with Crippen LogP contribution in [-0.4, -0.2) is 25.2 Å². The van der Waals surface area contributed by atoms with E-state index in [1.165, 1.54) is 7.11 Å². The van der Waals surface area contributed by atoms with Crippen LogP contribution in [0.1, 0.15) is 26.7 Å². The van der Waals surface area contributed by atoms with Gasteiger partial charge in [0.25, 0.3) is 0 Å². The first-order valence-corrected chi connectivity index (χ1v) is 4.31. The fourth-order valence-electron chi connectivity index (χ4n) is 0.787. The SMILES string of the molecule is C#CC(C)(C)NCCCC(=O)OC. The largest absolute Gasteiger partial charge is 0.469 e. The normalized spacial score (nSPS) is 10.6. The summed E-state index contributed by atoms with van der Waals surface area (Å²) in [7, 11) is 1.39. The van der Waals surface area contributed by atoms with Gasteiger partial charge in [-0.15, -0.1) is 6.42 Å². The zero-order valence-electron chi connectivity index (χ0n) is 8.52. The number of methoxy groups -OCH3 is 1. The van der Waals surface area contributed by atoms with Crippen molar-refractivity contribution in [2.24, 2.45) is 0 Å². The van der Waals surface area contributed by atoms with Gasteiger partial charge in [0.1, 0.15) is 0 Å². The topological polar surface area (TPSA) is 38.3 Å². The molecule has 0 aliphatic rings. The van der Waals surface area contributed by atoms with Crippen LogP contribution < -0.4 is 5.32 Å². The van der Waals surface area contributed by atoms with Crippen LogP contribution in [0.25, 0.3) is 0 Å². The second kappa shape index (κ2) is 5.60. The van der Waals surface area contributed by atoms with E-state index < -0.39 is 0 Å². The molecule has 0 atom stereocenters. The fraction of sp³-hybridized carbons (Fsp3) is 0.700. The number of terminal acetylenes is 1. The summed E-state index contributed by atoms with van der Waals surface area (Å²) in [6.07, 6.45) is 6.45. The van der Waals surface area contributed by atoms with Gasteiger partial charge >= 0.3 is 5.97 Å². The molecule has 0 rings (SSSR count). The van der Waals surface area contributed by atoms with Crippen molar-refractivity contribution in [1.82, 2.24) is 5.32 Å². The number of esters is 1. The van der Waals surface area contributed by atoms with Gasteiger partial charge in [-0.2, -0.15) is 0 Å². The van der Waals surface area contributed by atoms with Crippen LogP contribution in [0.2, 0.25) is 0 Å². The lowest BCUT2D eigenvalue weighted by Crippen LogP contribution is -2.38. The Morgan fingerprint density at radius 1 is 1.62 bits per heavy atom. The minimum Gasteiger partial charge on any atom is -0.469 e. The van der Waals surface area contributed by atoms with Crippen LogP contribution in [0.15, 0.2) is 0 Å². The molecule has 1 N–H and O–H groups in total. The summed E-state index contributed by atoms with van der Waals surface area (Å²) in [4.78, 5) is 10.7. The van der Waals surface area contributed by atoms with Crippen molar-refractivity contribution in [2.75, 3.05) is 13.7 Å². The number of hydrogen-bond donors (Lipinski definition) is 1. The molecule has 0 saturated carbocycles. The molecular formula is C10H17NO2. The molecule has 0 aromatic heterocycles. The molecule has 0 aliphatic heterocycles. The van der Waals surface area contributed by atoms with Crippen molar-refractivity contribution in [3.63, 3.8) is 0 Å². The van der Waals surface area contributed by atoms with Gasteiger partial charge < -0.3 is 10.1 Å². The molecule has 0 radical (unpaired) electrons. The van der Waals surface area contributed by atoms with Crippen LogP contribution in [0.4, 0.5) is 0 Å². The van der Waals surface area contributed by atoms with Crippen molar-refractivity contribution >= 4 is 5.97 Å². The molecule has 0 spiro atoms. The van der Waals surface area contributed by atoms with E-state index in [9.17, 15) is 4.79 Å². The molecule has 0 heterocycles. The lowest BCUT2D eigenvalue weighted by molar-refractivity contribution is -0.140. The molecule has 3 nitrogen and oxygen atoms in total. The minimum absolute atomic E-state index is 0.180. The molecule has 13 heavy (non-hydrogen) atoms. The van der Waals surface area contributed by atoms with Crippen LogP contribution in [-0.2, 0) is 9.53 Å². The van der Waals surface area contributed by atoms with E-state index in [0.717, 1.165) is 13.0 Å². The van der Waals surface area contributed by atoms with E-state index in [1.807, 2.05) is 13.8 Å². The summed E-state index contributed by atoms with van der Waals surface area (Å²) in [5.41, 5.74) is -0.296. The highest BCUT2D eigenvalue weighted by Crippen LogP contribution is 1.99. The van der Waals surface area contributed by atoms with Gasteiger partial charge in [0, 0.05) is 6.42 Å². The van der Waals surface area contributed by atoms with E-state index in [1.54, 1.807) is 0 Å². The first-order valence-electron chi connectivity index (χ1n) is 4.31. The Balaban J connectivity index is 3.48. The first-order chi connectivity index (χ1) is 6.02. The Hall–Kier alpha value is -1.01. The Labute approximate surface area is 79.8 Å². The first kappa shape index (κ1) is 12.0. The second-order valence-corrected chi connectivity index (χ2v) is 3.38. The van der Waals surface area contributed by atoms with Gasteiger partial charge in [0.05, 0.1) is 12.6 Å². The highest BCUT2D eigenvalue weighted by molar-refractivity contribution is 5.69. The molecule has 3 heteroatoms. The predicted octanol–water partition coefficient (Wildman–Crippen LogP) is 0.941. The van der Waals surface area contributed by atoms with Crippen LogP contribution in [0.5, 0.6) is 0 Å². The third-order valence-corrected chi connectivity index (χ3v) is 1.71. The Morgan fingerprint density at radius 3 is 2.69 bits per heavy atom. The standard InChI is InChI=1S/C10H17NO2/c1-5-10(2,3)11-8-6-7-9(12)13-4/h1,11H,6-8H2,2-4H3. The molecule has 0 unspecified atom stereocenters. The lowest BCUT2D eigenvalue weighted by Gasteiger charge is -2.18. The maximum atomic E-state index is 10.7. The fourth-order valence-corrected chi connectivity index (χ4v) is 0.787. The van der Waals surface area contributed by atoms with Gasteiger partial charge in [0.15, 0.2) is 0 Å². The van der Waals surface area contributed by atoms with Gasteiger partial charge in [-0.1, -0.05) is 5.92 Å². The van der Waals surface area contributed by atoms with E-state index in [4.69, 9.17) is 6.42 Å². The lowest BCUT2D eigenvalue weighted by atomic mass is 10.1. The smallest absolute Gasteiger partial charge is 0.305 e. The molecule has 74 valence electrons. The van der Waals surface area contributed by atoms with Gasteiger partial charge in [-0.05, 0) is 26.8 Å². The molecular weight excluding hydrogens is 166 g/mol. The number of nitrogens with one attached hydrogen (secondary N) is 1. The van der Waals surface area contributed by atoms with Crippen molar-refractivity contribution in [3.05, 3.63) is 0 Å². The average Bonchev–Trinajstić information content (AvgIpc) is 2.12. The zero-order valence-corrected chi connectivity index (χ0v) is 8.52. The van der Waals surface area contributed by atoms with E-state index in [2.05, 4.69) is 16.0 Å². The molecule has 0 aromatic carbocycles. The van der Waals surface area contributed by atoms with Crippen LogP contribution in [0.3, 0.4) is 0 Å². The summed E-state index contributed by atoms with van der Waals surface area (Å²) < 4.78 is 4.50. The predicted molar refractivity (Wildman–Crippen MR) is 52.2 cm³/mol. The zero-order chi connectivity index (χ0) is 10.3. The highest BCUT2D eigenvalue weighted by atomic mass is 16.5. The average molecular weight is 183 g/mol. The van der Waals surface area contributed by atoms with Crippen molar-refractivity contribution < 1.29 is 9.53 Å². The van der Waals surface area contributed by atoms with Gasteiger partial charge in [-0.25, -0.2) is 0 Å². The monoisotopic (exact) mass is 183 g/mol. The quantitative estimate of drug-likeness (QED) is 0.391. The van der Waals surface area contributed by atoms with Crippen LogP contribution >= 0.6 is 0 Å². The Morgan fingerprint density at radius 2 is 2.23 bits per heavy atom. The van der Waals surface area contributed by atoms with Gasteiger partial charge in [0.2, 0.25) is 0 Å². The molecule has 0 aliphatic carbocycles. The Kier molecular flexibility index (Phi) is 5.17. The summed E-state index contributed by atoms with van der Waals surface area (Å²) in [5, 5.41) is 3.14. The summed E-state index contributed by atoms with van der Waals surface area (Å²) >= 11 is 0. The van der Waals surface area contributed by atoms with Crippen molar-refractivity contribution in [3.8, 4) is 12.3 Å². The van der Waals surface area contributed by atoms with Gasteiger partial charge in [-0.3, -0.25) is 4.79 Å². The second-order valence-electron chi connectivity index (χ2n) is 3.38. The van der Waals surface area contributed by atoms with Crippen molar-refractivity contribution in [2.45, 2.75) is 32.2 Å². The van der Waals surface area contributed by atoms with E-state index in [0.29, 0.717) is 6.42 Å². The summed E-state index contributed by atoms with van der Waals surface area (Å²) in [5.74, 6) is 2.44. The maximum Gasteiger partial charge on any atom is 0.305 e. The Bertz CT molecular complexity index is 203. The molecule has 0 bridgehead atoms. The molecule has 0 aromatic rings. The minimum atomic E-state index is -0.296. The van der Waals surface area contributed by atoms with Crippen LogP contribution in [0, 0.1) is 12.3 Å². The molecule has 0 amide bonds. The highest BCUT2D eigenvalue weighted by Gasteiger charge is 2.11. The number of ether oxygens (including phenoxy) is 1. The van der Waals surface area contributed by atoms with Crippen molar-refractivity contribution in [1.29, 1.82) is 0 Å². The number of hydrogen-bond acceptors (Lipinski definition) is 3. The number of carbonyl (C=O) groups excluding carboxylic acids is 1. The molecule has 0 saturated heterocycles. The number of rotatable bonds is 5. The third kappa shape index (κ3) is 6.18. The summed E-state index contributed by atoms with van der Waals surface area (Å²) in [6, 6.07) is 0. The third-order valence-electron chi connectivity index (χ3n) is 1.71. The number of carbonyl (C=O) groups is 1. The summed E-state index contributed by atoms with van der Waals surface area (Å²) in [6.45, 7) is 4.57. The maximum absolute atomic E-state index is 10.7. The van der Waals surface area contributed by atoms with E-state index in [-0.39, 0.29) is 11.5 Å². The van der Waals surface area contributed by atoms with E-state index >= 15 is 0 Å². The molecule has 0 fully saturated rings.